The van der Waals surface area contributed by atoms with Gasteiger partial charge in [-0.2, -0.15) is 0 Å². The lowest BCUT2D eigenvalue weighted by Gasteiger charge is -2.39. The average Bonchev–Trinajstić information content (AvgIpc) is 2.48. The van der Waals surface area contributed by atoms with Gasteiger partial charge in [-0.05, 0) is 32.9 Å². The maximum atomic E-state index is 6.30. The Morgan fingerprint density at radius 2 is 1.85 bits per heavy atom. The van der Waals surface area contributed by atoms with E-state index < -0.39 is 0 Å². The summed E-state index contributed by atoms with van der Waals surface area (Å²) in [7, 11) is 3.95. The van der Waals surface area contributed by atoms with Gasteiger partial charge in [0.15, 0.2) is 0 Å². The molecule has 1 aliphatic carbocycles. The molecule has 20 heavy (non-hydrogen) atoms. The van der Waals surface area contributed by atoms with Gasteiger partial charge in [-0.1, -0.05) is 37.5 Å². The second-order valence-electron chi connectivity index (χ2n) is 6.00. The molecule has 112 valence electrons. The van der Waals surface area contributed by atoms with Gasteiger partial charge in [-0.15, -0.1) is 0 Å². The van der Waals surface area contributed by atoms with Crippen molar-refractivity contribution in [3.8, 4) is 5.75 Å². The molecular weight excluding hydrogens is 248 g/mol. The second-order valence-corrected chi connectivity index (χ2v) is 6.00. The first-order chi connectivity index (χ1) is 9.65. The van der Waals surface area contributed by atoms with Crippen LogP contribution >= 0.6 is 0 Å². The van der Waals surface area contributed by atoms with Gasteiger partial charge in [0, 0.05) is 17.6 Å². The summed E-state index contributed by atoms with van der Waals surface area (Å²) in [5, 5.41) is 0. The Morgan fingerprint density at radius 1 is 1.20 bits per heavy atom. The van der Waals surface area contributed by atoms with Crippen molar-refractivity contribution in [3.05, 3.63) is 29.8 Å². The molecule has 0 aromatic heterocycles. The van der Waals surface area contributed by atoms with Crippen LogP contribution in [-0.4, -0.2) is 31.1 Å². The molecule has 3 heteroatoms. The molecule has 1 aromatic rings. The number of methoxy groups -OCH3 is 1. The van der Waals surface area contributed by atoms with E-state index in [9.17, 15) is 0 Å². The van der Waals surface area contributed by atoms with Gasteiger partial charge in [-0.3, -0.25) is 4.90 Å². The molecule has 0 spiro atoms. The Hall–Kier alpha value is -1.06. The summed E-state index contributed by atoms with van der Waals surface area (Å²) in [6.45, 7) is 2.09. The lowest BCUT2D eigenvalue weighted by atomic mass is 9.90. The van der Waals surface area contributed by atoms with E-state index >= 15 is 0 Å². The lowest BCUT2D eigenvalue weighted by Crippen LogP contribution is -2.43. The van der Waals surface area contributed by atoms with Crippen LogP contribution in [0.1, 0.15) is 50.6 Å². The zero-order valence-corrected chi connectivity index (χ0v) is 13.0. The molecule has 0 amide bonds. The number of para-hydroxylation sites is 1. The largest absolute Gasteiger partial charge is 0.496 e. The first kappa shape index (κ1) is 15.3. The highest BCUT2D eigenvalue weighted by molar-refractivity contribution is 5.36. The first-order valence-corrected chi connectivity index (χ1v) is 7.75. The smallest absolute Gasteiger partial charge is 0.123 e. The Labute approximate surface area is 123 Å². The fourth-order valence-electron chi connectivity index (χ4n) is 3.50. The SMILES string of the molecule is COc1ccccc1C(C(C)N)N(C)C1CCCCC1. The molecule has 2 unspecified atom stereocenters. The topological polar surface area (TPSA) is 38.5 Å². The summed E-state index contributed by atoms with van der Waals surface area (Å²) in [5.41, 5.74) is 7.51. The van der Waals surface area contributed by atoms with Crippen LogP contribution in [0.2, 0.25) is 0 Å². The first-order valence-electron chi connectivity index (χ1n) is 7.75. The zero-order valence-electron chi connectivity index (χ0n) is 13.0. The van der Waals surface area contributed by atoms with E-state index in [0.717, 1.165) is 5.75 Å². The molecule has 2 N–H and O–H groups in total. The molecular formula is C17H28N2O. The molecule has 2 atom stereocenters. The van der Waals surface area contributed by atoms with E-state index in [0.29, 0.717) is 6.04 Å². The minimum atomic E-state index is 0.0817. The third-order valence-corrected chi connectivity index (χ3v) is 4.55. The molecule has 1 saturated carbocycles. The summed E-state index contributed by atoms with van der Waals surface area (Å²) < 4.78 is 5.53. The Morgan fingerprint density at radius 3 is 2.45 bits per heavy atom. The number of rotatable bonds is 5. The van der Waals surface area contributed by atoms with Gasteiger partial charge >= 0.3 is 0 Å². The van der Waals surface area contributed by atoms with Crippen molar-refractivity contribution in [2.75, 3.05) is 14.2 Å². The predicted octanol–water partition coefficient (Wildman–Crippen LogP) is 3.35. The van der Waals surface area contributed by atoms with Crippen molar-refractivity contribution in [1.29, 1.82) is 0 Å². The molecule has 1 aromatic carbocycles. The molecule has 0 bridgehead atoms. The second kappa shape index (κ2) is 7.09. The van der Waals surface area contributed by atoms with E-state index in [1.807, 2.05) is 12.1 Å². The number of nitrogens with two attached hydrogens (primary N) is 1. The van der Waals surface area contributed by atoms with Crippen LogP contribution in [0.15, 0.2) is 24.3 Å². The standard InChI is InChI=1S/C17H28N2O/c1-13(18)17(15-11-7-8-12-16(15)20-3)19(2)14-9-5-4-6-10-14/h7-8,11-14,17H,4-6,9-10,18H2,1-3H3. The fraction of sp³-hybridized carbons (Fsp3) is 0.647. The summed E-state index contributed by atoms with van der Waals surface area (Å²) in [5.74, 6) is 0.942. The van der Waals surface area contributed by atoms with Gasteiger partial charge in [0.1, 0.15) is 5.75 Å². The number of likely N-dealkylation sites (N-methyl/N-ethyl adjacent to an activating group) is 1. The van der Waals surface area contributed by atoms with Crippen molar-refractivity contribution in [1.82, 2.24) is 4.90 Å². The predicted molar refractivity (Wildman–Crippen MR) is 84.0 cm³/mol. The van der Waals surface area contributed by atoms with E-state index in [1.165, 1.54) is 37.7 Å². The lowest BCUT2D eigenvalue weighted by molar-refractivity contribution is 0.121. The van der Waals surface area contributed by atoms with E-state index in [-0.39, 0.29) is 12.1 Å². The molecule has 1 aliphatic rings. The van der Waals surface area contributed by atoms with Gasteiger partial charge < -0.3 is 10.5 Å². The number of benzene rings is 1. The maximum Gasteiger partial charge on any atom is 0.123 e. The number of hydrogen-bond donors (Lipinski definition) is 1. The Kier molecular flexibility index (Phi) is 5.44. The van der Waals surface area contributed by atoms with Gasteiger partial charge in [0.05, 0.1) is 13.2 Å². The number of ether oxygens (including phenoxy) is 1. The average molecular weight is 276 g/mol. The highest BCUT2D eigenvalue weighted by Crippen LogP contribution is 2.34. The number of hydrogen-bond acceptors (Lipinski definition) is 3. The Balaban J connectivity index is 2.25. The van der Waals surface area contributed by atoms with Crippen molar-refractivity contribution in [3.63, 3.8) is 0 Å². The van der Waals surface area contributed by atoms with Crippen LogP contribution < -0.4 is 10.5 Å². The quantitative estimate of drug-likeness (QED) is 0.896. The van der Waals surface area contributed by atoms with Crippen LogP contribution in [-0.2, 0) is 0 Å². The van der Waals surface area contributed by atoms with Gasteiger partial charge in [0.25, 0.3) is 0 Å². The number of nitrogens with zero attached hydrogens (tertiary/aromatic N) is 1. The fourth-order valence-corrected chi connectivity index (χ4v) is 3.50. The zero-order chi connectivity index (χ0) is 14.5. The molecule has 3 nitrogen and oxygen atoms in total. The van der Waals surface area contributed by atoms with Crippen LogP contribution in [0.3, 0.4) is 0 Å². The molecule has 0 heterocycles. The normalized spacial score (nSPS) is 19.9. The maximum absolute atomic E-state index is 6.30. The van der Waals surface area contributed by atoms with Crippen molar-refractivity contribution in [2.24, 2.45) is 5.73 Å². The van der Waals surface area contributed by atoms with E-state index in [1.54, 1.807) is 7.11 Å². The highest BCUT2D eigenvalue weighted by atomic mass is 16.5. The Bertz CT molecular complexity index is 413. The molecule has 0 radical (unpaired) electrons. The van der Waals surface area contributed by atoms with Crippen molar-refractivity contribution < 1.29 is 4.74 Å². The third-order valence-electron chi connectivity index (χ3n) is 4.55. The minimum absolute atomic E-state index is 0.0817. The molecule has 0 aliphatic heterocycles. The van der Waals surface area contributed by atoms with Crippen LogP contribution in [0.5, 0.6) is 5.75 Å². The summed E-state index contributed by atoms with van der Waals surface area (Å²) in [6.07, 6.45) is 6.63. The summed E-state index contributed by atoms with van der Waals surface area (Å²) in [4.78, 5) is 2.47. The summed E-state index contributed by atoms with van der Waals surface area (Å²) in [6, 6.07) is 9.20. The highest BCUT2D eigenvalue weighted by Gasteiger charge is 2.29. The third kappa shape index (κ3) is 3.33. The van der Waals surface area contributed by atoms with Crippen molar-refractivity contribution in [2.45, 2.75) is 57.2 Å². The molecule has 2 rings (SSSR count). The molecule has 1 fully saturated rings. The summed E-state index contributed by atoms with van der Waals surface area (Å²) >= 11 is 0. The molecule has 0 saturated heterocycles. The van der Waals surface area contributed by atoms with Gasteiger partial charge in [-0.25, -0.2) is 0 Å². The van der Waals surface area contributed by atoms with Crippen LogP contribution in [0.4, 0.5) is 0 Å². The van der Waals surface area contributed by atoms with Crippen molar-refractivity contribution >= 4 is 0 Å². The van der Waals surface area contributed by atoms with Crippen LogP contribution in [0, 0.1) is 0 Å². The monoisotopic (exact) mass is 276 g/mol. The van der Waals surface area contributed by atoms with Crippen LogP contribution in [0.25, 0.3) is 0 Å². The van der Waals surface area contributed by atoms with E-state index in [4.69, 9.17) is 10.5 Å². The minimum Gasteiger partial charge on any atom is -0.496 e. The van der Waals surface area contributed by atoms with Gasteiger partial charge in [0.2, 0.25) is 0 Å². The van der Waals surface area contributed by atoms with E-state index in [2.05, 4.69) is 31.0 Å².